The fraction of sp³-hybridized carbons (Fsp3) is 0.429. The maximum Gasteiger partial charge on any atom is 0.252 e. The molecule has 1 aromatic carbocycles. The van der Waals surface area contributed by atoms with Crippen LogP contribution in [0.25, 0.3) is 0 Å². The molecule has 0 aromatic heterocycles. The van der Waals surface area contributed by atoms with Crippen LogP contribution < -0.4 is 10.2 Å². The van der Waals surface area contributed by atoms with Crippen molar-refractivity contribution in [3.8, 4) is 0 Å². The van der Waals surface area contributed by atoms with E-state index in [1.807, 2.05) is 0 Å². The van der Waals surface area contributed by atoms with Crippen molar-refractivity contribution < 1.29 is 18.4 Å². The number of nitrogens with zero attached hydrogens (tertiary/aromatic N) is 1. The molecule has 1 N–H and O–H groups in total. The third-order valence-corrected chi connectivity index (χ3v) is 3.32. The zero-order chi connectivity index (χ0) is 15.1. The van der Waals surface area contributed by atoms with Crippen LogP contribution in [0.3, 0.4) is 0 Å². The fourth-order valence-electron chi connectivity index (χ4n) is 2.35. The van der Waals surface area contributed by atoms with Crippen LogP contribution in [0, 0.1) is 11.6 Å². The lowest BCUT2D eigenvalue weighted by molar-refractivity contribution is -0.137. The van der Waals surface area contributed by atoms with Crippen molar-refractivity contribution in [1.82, 2.24) is 5.32 Å². The van der Waals surface area contributed by atoms with Crippen molar-refractivity contribution in [1.29, 1.82) is 0 Å². The molecule has 0 aliphatic carbocycles. The van der Waals surface area contributed by atoms with Gasteiger partial charge in [-0.2, -0.15) is 0 Å². The topological polar surface area (TPSA) is 49.4 Å². The molecule has 0 radical (unpaired) electrons. The number of amides is 2. The van der Waals surface area contributed by atoms with E-state index in [4.69, 9.17) is 0 Å². The maximum absolute atomic E-state index is 13.4. The Bertz CT molecular complexity index is 552. The number of anilines is 1. The van der Waals surface area contributed by atoms with Crippen LogP contribution >= 0.6 is 0 Å². The minimum absolute atomic E-state index is 0.0577. The van der Waals surface area contributed by atoms with E-state index in [0.717, 1.165) is 18.2 Å². The Labute approximate surface area is 115 Å². The average Bonchev–Trinajstić information content (AvgIpc) is 2.31. The number of carbonyl (C=O) groups is 2. The molecular formula is C14H16F2N2O2. The zero-order valence-corrected chi connectivity index (χ0v) is 11.5. The largest absolute Gasteiger partial charge is 0.340 e. The van der Waals surface area contributed by atoms with Gasteiger partial charge in [-0.05, 0) is 32.4 Å². The number of hydrogen-bond donors (Lipinski definition) is 1. The molecule has 1 aliphatic heterocycles. The number of halogens is 2. The normalized spacial score (nSPS) is 21.9. The highest BCUT2D eigenvalue weighted by Gasteiger charge is 2.45. The van der Waals surface area contributed by atoms with Gasteiger partial charge in [0, 0.05) is 6.07 Å². The summed E-state index contributed by atoms with van der Waals surface area (Å²) in [6, 6.07) is 2.07. The summed E-state index contributed by atoms with van der Waals surface area (Å²) in [5, 5.41) is 2.62. The van der Waals surface area contributed by atoms with Crippen LogP contribution in [0.2, 0.25) is 0 Å². The lowest BCUT2D eigenvalue weighted by Gasteiger charge is -2.42. The van der Waals surface area contributed by atoms with Gasteiger partial charge in [0.1, 0.15) is 23.2 Å². The summed E-state index contributed by atoms with van der Waals surface area (Å²) in [5.41, 5.74) is -1.05. The monoisotopic (exact) mass is 282 g/mol. The molecule has 0 spiro atoms. The van der Waals surface area contributed by atoms with E-state index in [2.05, 4.69) is 5.32 Å². The summed E-state index contributed by atoms with van der Waals surface area (Å²) in [4.78, 5) is 25.7. The van der Waals surface area contributed by atoms with Crippen molar-refractivity contribution in [2.75, 3.05) is 4.90 Å². The van der Waals surface area contributed by atoms with Gasteiger partial charge < -0.3 is 5.32 Å². The van der Waals surface area contributed by atoms with Gasteiger partial charge in [0.05, 0.1) is 5.69 Å². The molecule has 1 aliphatic rings. The molecule has 20 heavy (non-hydrogen) atoms. The highest BCUT2D eigenvalue weighted by Crippen LogP contribution is 2.28. The predicted molar refractivity (Wildman–Crippen MR) is 70.1 cm³/mol. The first-order valence-corrected chi connectivity index (χ1v) is 6.38. The molecule has 4 nitrogen and oxygen atoms in total. The molecule has 6 heteroatoms. The van der Waals surface area contributed by atoms with Crippen LogP contribution in [0.1, 0.15) is 27.2 Å². The van der Waals surface area contributed by atoms with E-state index in [0.29, 0.717) is 6.42 Å². The molecule has 1 heterocycles. The number of piperazine rings is 1. The summed E-state index contributed by atoms with van der Waals surface area (Å²) in [5.74, 6) is -2.30. The Morgan fingerprint density at radius 3 is 2.25 bits per heavy atom. The second-order valence-corrected chi connectivity index (χ2v) is 5.34. The highest BCUT2D eigenvalue weighted by atomic mass is 19.1. The second kappa shape index (κ2) is 4.85. The number of hydrogen-bond acceptors (Lipinski definition) is 2. The molecule has 1 unspecified atom stereocenters. The van der Waals surface area contributed by atoms with Gasteiger partial charge in [-0.3, -0.25) is 14.5 Å². The van der Waals surface area contributed by atoms with E-state index >= 15 is 0 Å². The Hall–Kier alpha value is -1.98. The van der Waals surface area contributed by atoms with Gasteiger partial charge in [0.15, 0.2) is 0 Å². The molecule has 1 fully saturated rings. The predicted octanol–water partition coefficient (Wildman–Crippen LogP) is 1.98. The minimum Gasteiger partial charge on any atom is -0.340 e. The standard InChI is InChI=1S/C14H16F2N2O2/c1-4-11-12(19)17-14(2,3)13(20)18(11)10-6-8(15)5-9(16)7-10/h5-7,11H,4H2,1-3H3,(H,17,19). The molecule has 1 aromatic rings. The summed E-state index contributed by atoms with van der Waals surface area (Å²) in [7, 11) is 0. The summed E-state index contributed by atoms with van der Waals surface area (Å²) < 4.78 is 26.7. The SMILES string of the molecule is CCC1C(=O)NC(C)(C)C(=O)N1c1cc(F)cc(F)c1. The van der Waals surface area contributed by atoms with E-state index in [-0.39, 0.29) is 11.6 Å². The van der Waals surface area contributed by atoms with Crippen molar-refractivity contribution in [3.63, 3.8) is 0 Å². The van der Waals surface area contributed by atoms with E-state index in [9.17, 15) is 18.4 Å². The van der Waals surface area contributed by atoms with Crippen LogP contribution in [0.5, 0.6) is 0 Å². The first kappa shape index (κ1) is 14.4. The van der Waals surface area contributed by atoms with Crippen LogP contribution in [0.4, 0.5) is 14.5 Å². The lowest BCUT2D eigenvalue weighted by atomic mass is 9.95. The van der Waals surface area contributed by atoms with Crippen molar-refractivity contribution in [2.45, 2.75) is 38.8 Å². The van der Waals surface area contributed by atoms with Gasteiger partial charge in [-0.1, -0.05) is 6.92 Å². The number of rotatable bonds is 2. The Morgan fingerprint density at radius 2 is 1.75 bits per heavy atom. The first-order valence-electron chi connectivity index (χ1n) is 6.38. The smallest absolute Gasteiger partial charge is 0.252 e. The van der Waals surface area contributed by atoms with Gasteiger partial charge >= 0.3 is 0 Å². The van der Waals surface area contributed by atoms with E-state index < -0.39 is 29.1 Å². The number of benzene rings is 1. The van der Waals surface area contributed by atoms with Crippen LogP contribution in [-0.2, 0) is 9.59 Å². The first-order chi connectivity index (χ1) is 9.26. The molecule has 2 rings (SSSR count). The van der Waals surface area contributed by atoms with Crippen molar-refractivity contribution >= 4 is 17.5 Å². The van der Waals surface area contributed by atoms with E-state index in [1.165, 1.54) is 4.90 Å². The zero-order valence-electron chi connectivity index (χ0n) is 11.5. The Balaban J connectivity index is 2.53. The molecular weight excluding hydrogens is 266 g/mol. The third-order valence-electron chi connectivity index (χ3n) is 3.32. The Kier molecular flexibility index (Phi) is 3.50. The number of nitrogens with one attached hydrogen (secondary N) is 1. The van der Waals surface area contributed by atoms with Crippen molar-refractivity contribution in [3.05, 3.63) is 29.8 Å². The van der Waals surface area contributed by atoms with Crippen molar-refractivity contribution in [2.24, 2.45) is 0 Å². The molecule has 2 amide bonds. The third kappa shape index (κ3) is 2.37. The van der Waals surface area contributed by atoms with E-state index in [1.54, 1.807) is 20.8 Å². The van der Waals surface area contributed by atoms with Crippen LogP contribution in [0.15, 0.2) is 18.2 Å². The molecule has 1 saturated heterocycles. The van der Waals surface area contributed by atoms with Gasteiger partial charge in [-0.25, -0.2) is 8.78 Å². The summed E-state index contributed by atoms with van der Waals surface area (Å²) in [6.45, 7) is 4.85. The molecule has 0 saturated carbocycles. The highest BCUT2D eigenvalue weighted by molar-refractivity contribution is 6.10. The molecule has 0 bridgehead atoms. The average molecular weight is 282 g/mol. The van der Waals surface area contributed by atoms with Crippen LogP contribution in [-0.4, -0.2) is 23.4 Å². The molecule has 108 valence electrons. The fourth-order valence-corrected chi connectivity index (χ4v) is 2.35. The van der Waals surface area contributed by atoms with Gasteiger partial charge in [0.2, 0.25) is 5.91 Å². The molecule has 1 atom stereocenters. The maximum atomic E-state index is 13.4. The minimum atomic E-state index is -1.11. The number of carbonyl (C=O) groups excluding carboxylic acids is 2. The Morgan fingerprint density at radius 1 is 1.20 bits per heavy atom. The second-order valence-electron chi connectivity index (χ2n) is 5.34. The van der Waals surface area contributed by atoms with Gasteiger partial charge in [-0.15, -0.1) is 0 Å². The summed E-state index contributed by atoms with van der Waals surface area (Å²) in [6.07, 6.45) is 0.353. The lowest BCUT2D eigenvalue weighted by Crippen LogP contribution is -2.68. The quantitative estimate of drug-likeness (QED) is 0.901. The summed E-state index contributed by atoms with van der Waals surface area (Å²) >= 11 is 0. The van der Waals surface area contributed by atoms with Gasteiger partial charge in [0.25, 0.3) is 5.91 Å².